The highest BCUT2D eigenvalue weighted by molar-refractivity contribution is 6.01. The van der Waals surface area contributed by atoms with Crippen molar-refractivity contribution in [3.05, 3.63) is 113 Å². The number of aromatic nitrogens is 1. The van der Waals surface area contributed by atoms with Crippen LogP contribution in [0.4, 0.5) is 8.78 Å². The summed E-state index contributed by atoms with van der Waals surface area (Å²) in [5.41, 5.74) is 3.35. The fourth-order valence-corrected chi connectivity index (χ4v) is 5.07. The van der Waals surface area contributed by atoms with Crippen molar-refractivity contribution < 1.29 is 27.9 Å². The van der Waals surface area contributed by atoms with Crippen molar-refractivity contribution in [2.75, 3.05) is 20.1 Å². The summed E-state index contributed by atoms with van der Waals surface area (Å²) >= 11 is 0. The van der Waals surface area contributed by atoms with E-state index in [2.05, 4.69) is 28.6 Å². The molecule has 0 fully saturated rings. The average Bonchev–Trinajstić information content (AvgIpc) is 3.57. The maximum atomic E-state index is 14.0. The van der Waals surface area contributed by atoms with E-state index < -0.39 is 29.7 Å². The van der Waals surface area contributed by atoms with Gasteiger partial charge in [-0.3, -0.25) is 9.59 Å². The number of amides is 2. The van der Waals surface area contributed by atoms with Crippen molar-refractivity contribution in [1.82, 2.24) is 20.5 Å². The van der Waals surface area contributed by atoms with Crippen molar-refractivity contribution in [2.45, 2.75) is 58.2 Å². The summed E-state index contributed by atoms with van der Waals surface area (Å²) < 4.78 is 33.5. The minimum absolute atomic E-state index is 0.0421. The van der Waals surface area contributed by atoms with Crippen LogP contribution in [0.3, 0.4) is 0 Å². The van der Waals surface area contributed by atoms with Crippen molar-refractivity contribution in [1.29, 1.82) is 0 Å². The zero-order valence-electron chi connectivity index (χ0n) is 25.9. The number of aliphatic hydroxyl groups is 1. The van der Waals surface area contributed by atoms with Crippen LogP contribution in [0.1, 0.15) is 64.1 Å². The standard InChI is InChI=1S/C35H40F2N4O4/c1-4-6-11-41(3)35(44)28-18-26(17-27(19-28)34-39-10-12-45-34)33(43)40-31(16-25-14-29(36)20-30(37)15-25)32(42)22-38-21-24-9-7-8-23(5-2)13-24/h7-10,12-15,17-20,31-32,38,42H,4-6,11,16,21-22H2,1-3H3,(H,40,43)/t31-,32?/m0/s1. The van der Waals surface area contributed by atoms with Gasteiger partial charge in [0.1, 0.15) is 17.9 Å². The van der Waals surface area contributed by atoms with Gasteiger partial charge in [-0.2, -0.15) is 0 Å². The molecule has 4 aromatic rings. The van der Waals surface area contributed by atoms with Gasteiger partial charge in [0.05, 0.1) is 18.3 Å². The summed E-state index contributed by atoms with van der Waals surface area (Å²) in [7, 11) is 1.70. The number of carbonyl (C=O) groups excluding carboxylic acids is 2. The molecule has 0 aliphatic heterocycles. The fraction of sp³-hybridized carbons (Fsp3) is 0.343. The smallest absolute Gasteiger partial charge is 0.253 e. The molecule has 0 saturated carbocycles. The van der Waals surface area contributed by atoms with Gasteiger partial charge in [-0.05, 0) is 66.3 Å². The molecule has 3 N–H and O–H groups in total. The van der Waals surface area contributed by atoms with Gasteiger partial charge in [0.2, 0.25) is 5.89 Å². The van der Waals surface area contributed by atoms with E-state index in [0.29, 0.717) is 18.7 Å². The van der Waals surface area contributed by atoms with Gasteiger partial charge in [-0.1, -0.05) is 44.5 Å². The van der Waals surface area contributed by atoms with Gasteiger partial charge in [0.15, 0.2) is 0 Å². The Labute approximate surface area is 262 Å². The molecule has 1 aromatic heterocycles. The van der Waals surface area contributed by atoms with E-state index in [1.54, 1.807) is 24.1 Å². The molecular formula is C35H40F2N4O4. The van der Waals surface area contributed by atoms with Gasteiger partial charge in [-0.15, -0.1) is 0 Å². The number of aliphatic hydroxyl groups excluding tert-OH is 1. The molecule has 45 heavy (non-hydrogen) atoms. The van der Waals surface area contributed by atoms with Gasteiger partial charge in [-0.25, -0.2) is 13.8 Å². The SMILES string of the molecule is CCCCN(C)C(=O)c1cc(C(=O)N[C@@H](Cc2cc(F)cc(F)c2)C(O)CNCc2cccc(CC)c2)cc(-c2ncco2)c1. The number of oxazole rings is 1. The molecule has 3 aromatic carbocycles. The van der Waals surface area contributed by atoms with Gasteiger partial charge >= 0.3 is 0 Å². The van der Waals surface area contributed by atoms with E-state index >= 15 is 0 Å². The summed E-state index contributed by atoms with van der Waals surface area (Å²) in [6.07, 6.45) is 4.34. The topological polar surface area (TPSA) is 108 Å². The lowest BCUT2D eigenvalue weighted by Gasteiger charge is -2.25. The van der Waals surface area contributed by atoms with E-state index in [1.165, 1.54) is 36.2 Å². The molecule has 8 nitrogen and oxygen atoms in total. The number of nitrogens with one attached hydrogen (secondary N) is 2. The van der Waals surface area contributed by atoms with Crippen LogP contribution in [0, 0.1) is 11.6 Å². The van der Waals surface area contributed by atoms with Crippen molar-refractivity contribution in [3.63, 3.8) is 0 Å². The van der Waals surface area contributed by atoms with Crippen LogP contribution in [-0.4, -0.2) is 59.1 Å². The molecule has 2 amide bonds. The Balaban J connectivity index is 1.58. The number of rotatable bonds is 15. The first-order valence-corrected chi connectivity index (χ1v) is 15.2. The summed E-state index contributed by atoms with van der Waals surface area (Å²) in [5, 5.41) is 17.3. The second-order valence-corrected chi connectivity index (χ2v) is 11.2. The largest absolute Gasteiger partial charge is 0.445 e. The third-order valence-corrected chi connectivity index (χ3v) is 7.56. The highest BCUT2D eigenvalue weighted by Crippen LogP contribution is 2.23. The highest BCUT2D eigenvalue weighted by Gasteiger charge is 2.25. The summed E-state index contributed by atoms with van der Waals surface area (Å²) in [6.45, 7) is 5.24. The van der Waals surface area contributed by atoms with Crippen molar-refractivity contribution in [3.8, 4) is 11.5 Å². The second kappa shape index (κ2) is 16.1. The van der Waals surface area contributed by atoms with Crippen LogP contribution in [-0.2, 0) is 19.4 Å². The van der Waals surface area contributed by atoms with Gasteiger partial charge in [0.25, 0.3) is 11.8 Å². The monoisotopic (exact) mass is 618 g/mol. The number of halogens is 2. The Morgan fingerprint density at radius 3 is 2.40 bits per heavy atom. The van der Waals surface area contributed by atoms with Gasteiger partial charge in [0, 0.05) is 49.4 Å². The van der Waals surface area contributed by atoms with Crippen LogP contribution >= 0.6 is 0 Å². The van der Waals surface area contributed by atoms with E-state index in [0.717, 1.165) is 30.9 Å². The first-order chi connectivity index (χ1) is 21.7. The maximum Gasteiger partial charge on any atom is 0.253 e. The molecule has 0 spiro atoms. The number of unbranched alkanes of at least 4 members (excludes halogenated alkanes) is 1. The Morgan fingerprint density at radius 1 is 0.978 bits per heavy atom. The molecule has 0 aliphatic carbocycles. The molecular weight excluding hydrogens is 578 g/mol. The third kappa shape index (κ3) is 9.54. The van der Waals surface area contributed by atoms with Crippen LogP contribution in [0.5, 0.6) is 0 Å². The summed E-state index contributed by atoms with van der Waals surface area (Å²) in [4.78, 5) is 32.8. The Morgan fingerprint density at radius 2 is 1.71 bits per heavy atom. The molecule has 1 unspecified atom stereocenters. The fourth-order valence-electron chi connectivity index (χ4n) is 5.07. The minimum Gasteiger partial charge on any atom is -0.445 e. The summed E-state index contributed by atoms with van der Waals surface area (Å²) in [5.74, 6) is -2.13. The molecule has 0 radical (unpaired) electrons. The number of benzene rings is 3. The molecule has 0 aliphatic rings. The molecule has 2 atom stereocenters. The average molecular weight is 619 g/mol. The maximum absolute atomic E-state index is 14.0. The first kappa shape index (κ1) is 33.5. The number of carbonyl (C=O) groups is 2. The van der Waals surface area contributed by atoms with Gasteiger partial charge < -0.3 is 25.1 Å². The lowest BCUT2D eigenvalue weighted by molar-refractivity contribution is 0.0793. The molecule has 0 bridgehead atoms. The van der Waals surface area contributed by atoms with E-state index in [4.69, 9.17) is 4.42 Å². The number of hydrogen-bond acceptors (Lipinski definition) is 6. The Bertz CT molecular complexity index is 1560. The number of nitrogens with zero attached hydrogens (tertiary/aromatic N) is 2. The molecule has 0 saturated heterocycles. The Kier molecular flexibility index (Phi) is 11.9. The third-order valence-electron chi connectivity index (χ3n) is 7.56. The molecule has 238 valence electrons. The predicted octanol–water partition coefficient (Wildman–Crippen LogP) is 5.55. The quantitative estimate of drug-likeness (QED) is 0.161. The van der Waals surface area contributed by atoms with Crippen LogP contribution in [0.15, 0.2) is 77.5 Å². The lowest BCUT2D eigenvalue weighted by atomic mass is 9.99. The first-order valence-electron chi connectivity index (χ1n) is 15.2. The predicted molar refractivity (Wildman–Crippen MR) is 169 cm³/mol. The zero-order chi connectivity index (χ0) is 32.3. The normalized spacial score (nSPS) is 12.5. The number of hydrogen-bond donors (Lipinski definition) is 3. The molecule has 4 rings (SSSR count). The molecule has 10 heteroatoms. The van der Waals surface area contributed by atoms with Crippen molar-refractivity contribution >= 4 is 11.8 Å². The van der Waals surface area contributed by atoms with Crippen molar-refractivity contribution in [2.24, 2.45) is 0 Å². The van der Waals surface area contributed by atoms with E-state index in [1.807, 2.05) is 25.1 Å². The molecule has 1 heterocycles. The number of aryl methyl sites for hydroxylation is 1. The lowest BCUT2D eigenvalue weighted by Crippen LogP contribution is -2.48. The van der Waals surface area contributed by atoms with E-state index in [9.17, 15) is 23.5 Å². The van der Waals surface area contributed by atoms with E-state index in [-0.39, 0.29) is 41.5 Å². The zero-order valence-corrected chi connectivity index (χ0v) is 25.9. The minimum atomic E-state index is -1.12. The van der Waals surface area contributed by atoms with Crippen LogP contribution in [0.2, 0.25) is 0 Å². The van der Waals surface area contributed by atoms with Crippen LogP contribution in [0.25, 0.3) is 11.5 Å². The Hall–Kier alpha value is -4.41. The highest BCUT2D eigenvalue weighted by atomic mass is 19.1. The van der Waals surface area contributed by atoms with Crippen LogP contribution < -0.4 is 10.6 Å². The summed E-state index contributed by atoms with van der Waals surface area (Å²) in [6, 6.07) is 14.9. The second-order valence-electron chi connectivity index (χ2n) is 11.2.